The van der Waals surface area contributed by atoms with Crippen molar-refractivity contribution in [3.05, 3.63) is 53.1 Å². The highest BCUT2D eigenvalue weighted by molar-refractivity contribution is 7.89. The maximum atomic E-state index is 13.6. The summed E-state index contributed by atoms with van der Waals surface area (Å²) in [6.45, 7) is 1.17. The van der Waals surface area contributed by atoms with E-state index < -0.39 is 10.0 Å². The molecular weight excluding hydrogens is 567 g/mol. The van der Waals surface area contributed by atoms with Gasteiger partial charge in [-0.2, -0.15) is 14.8 Å². The maximum absolute atomic E-state index is 13.6. The van der Waals surface area contributed by atoms with Crippen LogP contribution in [0.4, 0.5) is 5.13 Å². The van der Waals surface area contributed by atoms with Crippen LogP contribution in [0.2, 0.25) is 5.02 Å². The van der Waals surface area contributed by atoms with Gasteiger partial charge >= 0.3 is 0 Å². The van der Waals surface area contributed by atoms with E-state index in [-0.39, 0.29) is 49.1 Å². The summed E-state index contributed by atoms with van der Waals surface area (Å²) in [6, 6.07) is 15.0. The van der Waals surface area contributed by atoms with E-state index in [4.69, 9.17) is 22.1 Å². The lowest BCUT2D eigenvalue weighted by Crippen LogP contribution is -2.34. The standard InChI is InChI=1S/C25H27ClN6O3S2.ClH/c1-30(2)15-6-18-32(25-29-23-21(26)7-3-8-22(23)36-25)24(33)19-9-11-20(12-10-19)37(34,35)31(16-4-13-27)17-5-14-28;/h3,7-12H,4-6,15-18H2,1-2H3;1H. The number of fused-ring (bicyclic) bond motifs is 1. The Hall–Kier alpha value is -2.77. The molecule has 202 valence electrons. The molecule has 0 N–H and O–H groups in total. The number of sulfonamides is 1. The van der Waals surface area contributed by atoms with Crippen LogP contribution >= 0.6 is 35.3 Å². The number of carbonyl (C=O) groups is 1. The monoisotopic (exact) mass is 594 g/mol. The number of amides is 1. The Morgan fingerprint density at radius 3 is 2.18 bits per heavy atom. The molecule has 0 unspecified atom stereocenters. The molecule has 0 aliphatic carbocycles. The van der Waals surface area contributed by atoms with Crippen molar-refractivity contribution >= 4 is 66.6 Å². The first kappa shape index (κ1) is 31.4. The fourth-order valence-electron chi connectivity index (χ4n) is 3.62. The van der Waals surface area contributed by atoms with Crippen molar-refractivity contribution in [3.8, 4) is 12.1 Å². The number of benzene rings is 2. The van der Waals surface area contributed by atoms with Crippen LogP contribution < -0.4 is 4.90 Å². The molecule has 1 aromatic heterocycles. The van der Waals surface area contributed by atoms with Crippen molar-refractivity contribution in [1.82, 2.24) is 14.2 Å². The predicted molar refractivity (Wildman–Crippen MR) is 152 cm³/mol. The number of aromatic nitrogens is 1. The molecule has 0 atom stereocenters. The van der Waals surface area contributed by atoms with Crippen molar-refractivity contribution in [1.29, 1.82) is 10.5 Å². The number of carbonyl (C=O) groups excluding carboxylic acids is 1. The molecule has 0 saturated heterocycles. The second-order valence-electron chi connectivity index (χ2n) is 8.44. The van der Waals surface area contributed by atoms with E-state index in [0.29, 0.717) is 34.2 Å². The molecule has 38 heavy (non-hydrogen) atoms. The summed E-state index contributed by atoms with van der Waals surface area (Å²) < 4.78 is 28.2. The van der Waals surface area contributed by atoms with Crippen molar-refractivity contribution < 1.29 is 13.2 Å². The number of nitrogens with zero attached hydrogens (tertiary/aromatic N) is 6. The van der Waals surface area contributed by atoms with Gasteiger partial charge in [0, 0.05) is 38.0 Å². The summed E-state index contributed by atoms with van der Waals surface area (Å²) in [4.78, 5) is 21.8. The SMILES string of the molecule is CN(C)CCCN(C(=O)c1ccc(S(=O)(=O)N(CCC#N)CCC#N)cc1)c1nc2c(Cl)cccc2s1.Cl. The van der Waals surface area contributed by atoms with Crippen LogP contribution in [0.15, 0.2) is 47.4 Å². The highest BCUT2D eigenvalue weighted by Crippen LogP contribution is 2.33. The average molecular weight is 596 g/mol. The smallest absolute Gasteiger partial charge is 0.260 e. The Morgan fingerprint density at radius 1 is 1.00 bits per heavy atom. The second kappa shape index (κ2) is 14.4. The molecule has 0 aliphatic rings. The molecule has 2 aromatic carbocycles. The number of nitriles is 2. The van der Waals surface area contributed by atoms with Gasteiger partial charge in [0.25, 0.3) is 5.91 Å². The Morgan fingerprint density at radius 2 is 1.63 bits per heavy atom. The van der Waals surface area contributed by atoms with Gasteiger partial charge in [-0.05, 0) is 63.5 Å². The molecule has 13 heteroatoms. The first-order valence-corrected chi connectivity index (χ1v) is 14.2. The van der Waals surface area contributed by atoms with Crippen molar-refractivity contribution in [2.24, 2.45) is 0 Å². The first-order valence-electron chi connectivity index (χ1n) is 11.5. The highest BCUT2D eigenvalue weighted by atomic mass is 35.5. The highest BCUT2D eigenvalue weighted by Gasteiger charge is 2.26. The number of hydrogen-bond donors (Lipinski definition) is 0. The van der Waals surface area contributed by atoms with Crippen LogP contribution in [0.5, 0.6) is 0 Å². The van der Waals surface area contributed by atoms with Crippen LogP contribution in [0, 0.1) is 22.7 Å². The van der Waals surface area contributed by atoms with E-state index >= 15 is 0 Å². The molecule has 9 nitrogen and oxygen atoms in total. The summed E-state index contributed by atoms with van der Waals surface area (Å²) in [5.74, 6) is -0.302. The largest absolute Gasteiger partial charge is 0.309 e. The molecule has 3 rings (SSSR count). The fourth-order valence-corrected chi connectivity index (χ4v) is 6.35. The van der Waals surface area contributed by atoms with Crippen LogP contribution in [0.1, 0.15) is 29.6 Å². The van der Waals surface area contributed by atoms with Gasteiger partial charge in [0.2, 0.25) is 10.0 Å². The third-order valence-electron chi connectivity index (χ3n) is 5.51. The molecule has 0 radical (unpaired) electrons. The van der Waals surface area contributed by atoms with E-state index in [2.05, 4.69) is 4.98 Å². The Bertz CT molecular complexity index is 1410. The molecule has 0 bridgehead atoms. The maximum Gasteiger partial charge on any atom is 0.260 e. The zero-order chi connectivity index (χ0) is 27.0. The lowest BCUT2D eigenvalue weighted by molar-refractivity contribution is 0.0986. The summed E-state index contributed by atoms with van der Waals surface area (Å²) >= 11 is 7.67. The lowest BCUT2D eigenvalue weighted by Gasteiger charge is -2.22. The first-order chi connectivity index (χ1) is 17.7. The molecule has 0 fully saturated rings. The number of thiazole rings is 1. The Kier molecular flexibility index (Phi) is 11.9. The molecular formula is C25H28Cl2N6O3S2. The number of hydrogen-bond acceptors (Lipinski definition) is 8. The van der Waals surface area contributed by atoms with E-state index in [1.165, 1.54) is 35.6 Å². The molecule has 1 heterocycles. The second-order valence-corrected chi connectivity index (χ2v) is 11.8. The van der Waals surface area contributed by atoms with Gasteiger partial charge in [0.15, 0.2) is 5.13 Å². The van der Waals surface area contributed by atoms with Gasteiger partial charge in [-0.15, -0.1) is 12.4 Å². The summed E-state index contributed by atoms with van der Waals surface area (Å²) in [5, 5.41) is 18.8. The van der Waals surface area contributed by atoms with Gasteiger partial charge in [-0.1, -0.05) is 29.0 Å². The molecule has 0 saturated carbocycles. The molecule has 0 spiro atoms. The zero-order valence-corrected chi connectivity index (χ0v) is 24.2. The van der Waals surface area contributed by atoms with Crippen molar-refractivity contribution in [2.45, 2.75) is 24.2 Å². The number of anilines is 1. The Balaban J connectivity index is 0.00000507. The predicted octanol–water partition coefficient (Wildman–Crippen LogP) is 4.79. The quantitative estimate of drug-likeness (QED) is 0.295. The lowest BCUT2D eigenvalue weighted by atomic mass is 10.2. The number of para-hydroxylation sites is 1. The van der Waals surface area contributed by atoms with Crippen molar-refractivity contribution in [2.75, 3.05) is 45.2 Å². The summed E-state index contributed by atoms with van der Waals surface area (Å²) in [7, 11) is -0.0152. The fraction of sp³-hybridized carbons (Fsp3) is 0.360. The summed E-state index contributed by atoms with van der Waals surface area (Å²) in [6.07, 6.45) is 0.728. The zero-order valence-electron chi connectivity index (χ0n) is 21.0. The Labute approximate surface area is 238 Å². The number of rotatable bonds is 12. The van der Waals surface area contributed by atoms with Gasteiger partial charge in [-0.3, -0.25) is 9.69 Å². The topological polar surface area (TPSA) is 121 Å². The van der Waals surface area contributed by atoms with Gasteiger partial charge < -0.3 is 4.90 Å². The summed E-state index contributed by atoms with van der Waals surface area (Å²) in [5.41, 5.74) is 0.945. The number of halogens is 2. The van der Waals surface area contributed by atoms with E-state index in [1.54, 1.807) is 11.0 Å². The normalized spacial score (nSPS) is 11.2. The van der Waals surface area contributed by atoms with Crippen LogP contribution in [-0.4, -0.2) is 68.8 Å². The van der Waals surface area contributed by atoms with Gasteiger partial charge in [0.1, 0.15) is 5.52 Å². The van der Waals surface area contributed by atoms with Crippen molar-refractivity contribution in [3.63, 3.8) is 0 Å². The van der Waals surface area contributed by atoms with Crippen LogP contribution in [-0.2, 0) is 10.0 Å². The minimum atomic E-state index is -3.93. The van der Waals surface area contributed by atoms with E-state index in [9.17, 15) is 13.2 Å². The van der Waals surface area contributed by atoms with Gasteiger partial charge in [0.05, 0.1) is 26.8 Å². The van der Waals surface area contributed by atoms with Gasteiger partial charge in [-0.25, -0.2) is 13.4 Å². The molecule has 3 aromatic rings. The minimum absolute atomic E-state index is 0. The average Bonchev–Trinajstić information content (AvgIpc) is 3.31. The third kappa shape index (κ3) is 7.64. The molecule has 1 amide bonds. The third-order valence-corrected chi connectivity index (χ3v) is 8.77. The van der Waals surface area contributed by atoms with Crippen LogP contribution in [0.25, 0.3) is 10.2 Å². The van der Waals surface area contributed by atoms with E-state index in [0.717, 1.165) is 15.5 Å². The minimum Gasteiger partial charge on any atom is -0.309 e. The molecule has 0 aliphatic heterocycles. The van der Waals surface area contributed by atoms with E-state index in [1.807, 2.05) is 43.3 Å². The van der Waals surface area contributed by atoms with Crippen LogP contribution in [0.3, 0.4) is 0 Å².